The van der Waals surface area contributed by atoms with Crippen molar-refractivity contribution < 1.29 is 32.6 Å². The second kappa shape index (κ2) is 9.59. The predicted molar refractivity (Wildman–Crippen MR) is 105 cm³/mol. The number of hydrogen-bond acceptors (Lipinski definition) is 6. The lowest BCUT2D eigenvalue weighted by Gasteiger charge is -2.31. The van der Waals surface area contributed by atoms with E-state index < -0.39 is 17.6 Å². The van der Waals surface area contributed by atoms with Crippen LogP contribution in [0.3, 0.4) is 0 Å². The fraction of sp³-hybridized carbons (Fsp3) is 0.350. The number of hydroxylamine groups is 1. The Morgan fingerprint density at radius 3 is 2.40 bits per heavy atom. The molecule has 0 spiro atoms. The van der Waals surface area contributed by atoms with Gasteiger partial charge in [-0.05, 0) is 61.2 Å². The number of alkyl halides is 3. The number of carbonyl (C=O) groups is 1. The van der Waals surface area contributed by atoms with E-state index in [9.17, 15) is 18.0 Å². The van der Waals surface area contributed by atoms with Gasteiger partial charge in [0.05, 0.1) is 18.2 Å². The molecule has 162 valence electrons. The second-order valence-electron chi connectivity index (χ2n) is 6.63. The number of halogens is 3. The average molecular weight is 442 g/mol. The average Bonchev–Trinajstić information content (AvgIpc) is 2.74. The van der Waals surface area contributed by atoms with Gasteiger partial charge in [0.2, 0.25) is 0 Å². The molecule has 2 aromatic rings. The van der Waals surface area contributed by atoms with Crippen LogP contribution in [0.1, 0.15) is 28.8 Å². The van der Waals surface area contributed by atoms with Crippen LogP contribution in [-0.4, -0.2) is 41.7 Å². The number of carbonyl (C=O) groups excluding carboxylic acids is 1. The van der Waals surface area contributed by atoms with Crippen LogP contribution < -0.4 is 15.0 Å². The zero-order valence-electron chi connectivity index (χ0n) is 16.1. The number of ether oxygens (including phenoxy) is 2. The lowest BCUT2D eigenvalue weighted by atomic mass is 10.1. The lowest BCUT2D eigenvalue weighted by molar-refractivity contribution is -0.137. The van der Waals surface area contributed by atoms with Crippen LogP contribution in [0.15, 0.2) is 47.4 Å². The first-order valence-corrected chi connectivity index (χ1v) is 9.97. The number of piperidine rings is 1. The van der Waals surface area contributed by atoms with Crippen molar-refractivity contribution in [2.45, 2.75) is 30.0 Å². The number of methoxy groups -OCH3 is 1. The van der Waals surface area contributed by atoms with Crippen molar-refractivity contribution in [2.75, 3.05) is 20.2 Å². The van der Waals surface area contributed by atoms with Gasteiger partial charge in [-0.2, -0.15) is 13.2 Å². The number of nitrogens with one attached hydrogen (secondary N) is 1. The first-order chi connectivity index (χ1) is 14.3. The highest BCUT2D eigenvalue weighted by atomic mass is 32.2. The van der Waals surface area contributed by atoms with Crippen molar-refractivity contribution in [3.63, 3.8) is 0 Å². The molecule has 2 aromatic carbocycles. The Balaban J connectivity index is 1.58. The summed E-state index contributed by atoms with van der Waals surface area (Å²) in [6.45, 7) is 1.32. The maximum Gasteiger partial charge on any atom is 0.416 e. The summed E-state index contributed by atoms with van der Waals surface area (Å²) in [5, 5.41) is 9.02. The van der Waals surface area contributed by atoms with Crippen LogP contribution in [0.2, 0.25) is 0 Å². The first kappa shape index (κ1) is 22.3. The normalized spacial score (nSPS) is 15.6. The minimum absolute atomic E-state index is 0.107. The van der Waals surface area contributed by atoms with E-state index in [4.69, 9.17) is 14.7 Å². The van der Waals surface area contributed by atoms with Crippen LogP contribution in [-0.2, 0) is 6.18 Å². The Morgan fingerprint density at radius 2 is 1.83 bits per heavy atom. The molecule has 2 N–H and O–H groups in total. The maximum atomic E-state index is 12.7. The zero-order chi connectivity index (χ0) is 21.7. The molecule has 10 heteroatoms. The Bertz CT molecular complexity index is 869. The summed E-state index contributed by atoms with van der Waals surface area (Å²) in [6, 6.07) is 9.85. The van der Waals surface area contributed by atoms with Gasteiger partial charge >= 0.3 is 6.18 Å². The molecule has 1 fully saturated rings. The molecule has 3 rings (SSSR count). The van der Waals surface area contributed by atoms with Crippen molar-refractivity contribution in [3.05, 3.63) is 53.6 Å². The highest BCUT2D eigenvalue weighted by molar-refractivity contribution is 7.97. The van der Waals surface area contributed by atoms with E-state index in [2.05, 4.69) is 4.31 Å². The molecule has 0 saturated carbocycles. The molecule has 6 nitrogen and oxygen atoms in total. The Kier molecular flexibility index (Phi) is 7.11. The highest BCUT2D eigenvalue weighted by Gasteiger charge is 2.30. The van der Waals surface area contributed by atoms with Crippen LogP contribution in [0.4, 0.5) is 13.2 Å². The Hall–Kier alpha value is -2.43. The molecule has 1 amide bonds. The fourth-order valence-corrected chi connectivity index (χ4v) is 4.23. The van der Waals surface area contributed by atoms with Crippen LogP contribution in [0.5, 0.6) is 11.5 Å². The number of rotatable bonds is 6. The molecule has 0 atom stereocenters. The van der Waals surface area contributed by atoms with E-state index in [-0.39, 0.29) is 11.7 Å². The third-order valence-electron chi connectivity index (χ3n) is 4.65. The summed E-state index contributed by atoms with van der Waals surface area (Å²) in [4.78, 5) is 12.7. The smallest absolute Gasteiger partial charge is 0.416 e. The van der Waals surface area contributed by atoms with Crippen molar-refractivity contribution in [2.24, 2.45) is 0 Å². The molecular formula is C20H21F3N2O4S. The topological polar surface area (TPSA) is 71.0 Å². The molecule has 1 aliphatic heterocycles. The monoisotopic (exact) mass is 442 g/mol. The molecule has 0 unspecified atom stereocenters. The van der Waals surface area contributed by atoms with E-state index in [1.54, 1.807) is 23.7 Å². The van der Waals surface area contributed by atoms with Gasteiger partial charge in [0.1, 0.15) is 17.6 Å². The lowest BCUT2D eigenvalue weighted by Crippen LogP contribution is -2.34. The van der Waals surface area contributed by atoms with E-state index in [0.29, 0.717) is 42.3 Å². The van der Waals surface area contributed by atoms with Crippen molar-refractivity contribution in [1.82, 2.24) is 9.79 Å². The fourth-order valence-electron chi connectivity index (χ4n) is 3.13. The SMILES string of the molecule is COc1cccc(SN2CCC(Oc3ccc(C(F)(F)F)cc3)CC2)c1C(=O)NO. The predicted octanol–water partition coefficient (Wildman–Crippen LogP) is 4.38. The van der Waals surface area contributed by atoms with Gasteiger partial charge in [-0.15, -0.1) is 0 Å². The maximum absolute atomic E-state index is 12.7. The molecule has 0 aromatic heterocycles. The highest BCUT2D eigenvalue weighted by Crippen LogP contribution is 2.35. The molecule has 30 heavy (non-hydrogen) atoms. The zero-order valence-corrected chi connectivity index (χ0v) is 16.9. The summed E-state index contributed by atoms with van der Waals surface area (Å²) in [5.74, 6) is 0.103. The largest absolute Gasteiger partial charge is 0.496 e. The third kappa shape index (κ3) is 5.38. The molecule has 1 saturated heterocycles. The van der Waals surface area contributed by atoms with Crippen molar-refractivity contribution in [3.8, 4) is 11.5 Å². The summed E-state index contributed by atoms with van der Waals surface area (Å²) in [7, 11) is 1.45. The summed E-state index contributed by atoms with van der Waals surface area (Å²) in [6.07, 6.45) is -3.12. The number of amides is 1. The van der Waals surface area contributed by atoms with Crippen molar-refractivity contribution >= 4 is 17.9 Å². The molecule has 0 bridgehead atoms. The number of nitrogens with zero attached hydrogens (tertiary/aromatic N) is 1. The van der Waals surface area contributed by atoms with Gasteiger partial charge in [-0.25, -0.2) is 9.79 Å². The van der Waals surface area contributed by atoms with Crippen LogP contribution >= 0.6 is 11.9 Å². The van der Waals surface area contributed by atoms with E-state index in [1.807, 2.05) is 0 Å². The first-order valence-electron chi connectivity index (χ1n) is 9.20. The molecule has 0 radical (unpaired) electrons. The number of benzene rings is 2. The standard InChI is InChI=1S/C20H21F3N2O4S/c1-28-16-3-2-4-17(18(16)19(26)24-27)30-25-11-9-15(10-12-25)29-14-7-5-13(6-8-14)20(21,22)23/h2-8,15,27H,9-12H2,1H3,(H,24,26). The number of hydrogen-bond donors (Lipinski definition) is 2. The van der Waals surface area contributed by atoms with Gasteiger partial charge in [0.15, 0.2) is 0 Å². The molecular weight excluding hydrogens is 421 g/mol. The molecule has 0 aliphatic carbocycles. The summed E-state index contributed by atoms with van der Waals surface area (Å²) < 4.78 is 51.1. The van der Waals surface area contributed by atoms with E-state index in [1.165, 1.54) is 31.2 Å². The Labute approximate surface area is 176 Å². The minimum Gasteiger partial charge on any atom is -0.496 e. The summed E-state index contributed by atoms with van der Waals surface area (Å²) in [5.41, 5.74) is 1.18. The minimum atomic E-state index is -4.37. The van der Waals surface area contributed by atoms with Gasteiger partial charge in [0.25, 0.3) is 5.91 Å². The van der Waals surface area contributed by atoms with Crippen LogP contribution in [0.25, 0.3) is 0 Å². The molecule has 1 aliphatic rings. The van der Waals surface area contributed by atoms with Gasteiger partial charge < -0.3 is 9.47 Å². The second-order valence-corrected chi connectivity index (χ2v) is 7.77. The summed E-state index contributed by atoms with van der Waals surface area (Å²) >= 11 is 1.38. The van der Waals surface area contributed by atoms with Gasteiger partial charge in [-0.3, -0.25) is 10.0 Å². The Morgan fingerprint density at radius 1 is 1.17 bits per heavy atom. The van der Waals surface area contributed by atoms with Crippen molar-refractivity contribution in [1.29, 1.82) is 0 Å². The third-order valence-corrected chi connectivity index (χ3v) is 5.81. The van der Waals surface area contributed by atoms with Crippen LogP contribution in [0, 0.1) is 0 Å². The molecule has 1 heterocycles. The van der Waals surface area contributed by atoms with E-state index in [0.717, 1.165) is 12.1 Å². The van der Waals surface area contributed by atoms with Gasteiger partial charge in [-0.1, -0.05) is 6.07 Å². The van der Waals surface area contributed by atoms with E-state index >= 15 is 0 Å². The van der Waals surface area contributed by atoms with Gasteiger partial charge in [0, 0.05) is 18.0 Å². The quantitative estimate of drug-likeness (QED) is 0.393.